The summed E-state index contributed by atoms with van der Waals surface area (Å²) in [6.07, 6.45) is 0. The number of methoxy groups -OCH3 is 2. The first-order valence-electron chi connectivity index (χ1n) is 7.05. The fraction of sp³-hybridized carbons (Fsp3) is 0.400. The fourth-order valence-electron chi connectivity index (χ4n) is 2.45. The van der Waals surface area contributed by atoms with Gasteiger partial charge in [-0.25, -0.2) is 9.99 Å². The Kier molecular flexibility index (Phi) is 4.08. The summed E-state index contributed by atoms with van der Waals surface area (Å²) in [5.74, 6) is 2.25. The number of ether oxygens (including phenoxy) is 2. The highest BCUT2D eigenvalue weighted by Crippen LogP contribution is 2.31. The molecule has 0 spiro atoms. The van der Waals surface area contributed by atoms with Crippen molar-refractivity contribution in [2.45, 2.75) is 0 Å². The Morgan fingerprint density at radius 2 is 1.81 bits per heavy atom. The molecular formula is C15H20N4O2. The van der Waals surface area contributed by atoms with Gasteiger partial charge in [0.2, 0.25) is 0 Å². The van der Waals surface area contributed by atoms with Crippen LogP contribution in [0.25, 0.3) is 10.9 Å². The minimum Gasteiger partial charge on any atom is -0.493 e. The molecule has 0 aliphatic carbocycles. The average Bonchev–Trinajstić information content (AvgIpc) is 2.54. The second kappa shape index (κ2) is 6.15. The zero-order valence-corrected chi connectivity index (χ0v) is 12.3. The summed E-state index contributed by atoms with van der Waals surface area (Å²) in [6, 6.07) is 7.86. The van der Waals surface area contributed by atoms with Gasteiger partial charge >= 0.3 is 0 Å². The van der Waals surface area contributed by atoms with Crippen molar-refractivity contribution in [2.75, 3.05) is 45.8 Å². The van der Waals surface area contributed by atoms with E-state index in [1.807, 2.05) is 24.3 Å². The predicted octanol–water partition coefficient (Wildman–Crippen LogP) is 1.48. The number of pyridine rings is 1. The standard InChI is InChI=1S/C15H20N4O2/c1-20-13-9-11-3-4-15(17-12(11)10-14(13)21-2)18-19-7-5-16-6-8-19/h3-4,9-10,16H,5-8H2,1-2H3,(H,17,18). The van der Waals surface area contributed by atoms with Crippen molar-refractivity contribution in [1.29, 1.82) is 0 Å². The van der Waals surface area contributed by atoms with Crippen LogP contribution in [0.4, 0.5) is 5.82 Å². The summed E-state index contributed by atoms with van der Waals surface area (Å²) in [5.41, 5.74) is 4.23. The maximum atomic E-state index is 5.33. The molecule has 1 fully saturated rings. The maximum absolute atomic E-state index is 5.33. The van der Waals surface area contributed by atoms with Crippen LogP contribution in [0.15, 0.2) is 24.3 Å². The number of hydrogen-bond acceptors (Lipinski definition) is 6. The average molecular weight is 288 g/mol. The summed E-state index contributed by atoms with van der Waals surface area (Å²) >= 11 is 0. The van der Waals surface area contributed by atoms with E-state index in [-0.39, 0.29) is 0 Å². The Labute approximate surface area is 124 Å². The Balaban J connectivity index is 1.88. The van der Waals surface area contributed by atoms with Crippen molar-refractivity contribution in [1.82, 2.24) is 15.3 Å². The van der Waals surface area contributed by atoms with Gasteiger partial charge < -0.3 is 20.2 Å². The third kappa shape index (κ3) is 3.01. The highest BCUT2D eigenvalue weighted by Gasteiger charge is 2.11. The topological polar surface area (TPSA) is 58.7 Å². The lowest BCUT2D eigenvalue weighted by molar-refractivity contribution is 0.286. The Morgan fingerprint density at radius 3 is 2.52 bits per heavy atom. The van der Waals surface area contributed by atoms with Crippen LogP contribution < -0.4 is 20.2 Å². The van der Waals surface area contributed by atoms with E-state index in [1.165, 1.54) is 0 Å². The summed E-state index contributed by atoms with van der Waals surface area (Å²) in [4.78, 5) is 4.64. The number of benzene rings is 1. The van der Waals surface area contributed by atoms with Gasteiger partial charge in [0, 0.05) is 37.6 Å². The minimum atomic E-state index is 0.692. The molecule has 0 atom stereocenters. The van der Waals surface area contributed by atoms with E-state index in [4.69, 9.17) is 9.47 Å². The molecule has 1 aliphatic heterocycles. The van der Waals surface area contributed by atoms with Crippen LogP contribution in [-0.2, 0) is 0 Å². The molecular weight excluding hydrogens is 268 g/mol. The highest BCUT2D eigenvalue weighted by molar-refractivity contribution is 5.84. The van der Waals surface area contributed by atoms with E-state index in [1.54, 1.807) is 14.2 Å². The van der Waals surface area contributed by atoms with Crippen LogP contribution in [-0.4, -0.2) is 50.4 Å². The third-order valence-electron chi connectivity index (χ3n) is 3.58. The van der Waals surface area contributed by atoms with E-state index in [2.05, 4.69) is 20.7 Å². The summed E-state index contributed by atoms with van der Waals surface area (Å²) in [7, 11) is 3.27. The number of anilines is 1. The largest absolute Gasteiger partial charge is 0.493 e. The molecule has 2 heterocycles. The number of rotatable bonds is 4. The van der Waals surface area contributed by atoms with Crippen molar-refractivity contribution in [2.24, 2.45) is 0 Å². The zero-order chi connectivity index (χ0) is 14.7. The number of nitrogens with zero attached hydrogens (tertiary/aromatic N) is 2. The molecule has 6 nitrogen and oxygen atoms in total. The van der Waals surface area contributed by atoms with E-state index < -0.39 is 0 Å². The number of hydrogen-bond donors (Lipinski definition) is 2. The number of fused-ring (bicyclic) bond motifs is 1. The molecule has 0 saturated carbocycles. The molecule has 1 aromatic heterocycles. The first-order chi connectivity index (χ1) is 10.3. The van der Waals surface area contributed by atoms with Gasteiger partial charge in [0.25, 0.3) is 0 Å². The molecule has 1 aliphatic rings. The molecule has 1 aromatic carbocycles. The van der Waals surface area contributed by atoms with Crippen molar-refractivity contribution >= 4 is 16.7 Å². The third-order valence-corrected chi connectivity index (χ3v) is 3.58. The van der Waals surface area contributed by atoms with Crippen LogP contribution in [0.2, 0.25) is 0 Å². The SMILES string of the molecule is COc1cc2ccc(NN3CCNCC3)nc2cc1OC. The van der Waals surface area contributed by atoms with Crippen LogP contribution in [0.1, 0.15) is 0 Å². The monoisotopic (exact) mass is 288 g/mol. The second-order valence-corrected chi connectivity index (χ2v) is 4.95. The Hall–Kier alpha value is -2.05. The molecule has 0 amide bonds. The molecule has 0 unspecified atom stereocenters. The summed E-state index contributed by atoms with van der Waals surface area (Å²) in [5, 5.41) is 6.52. The van der Waals surface area contributed by atoms with E-state index in [0.717, 1.165) is 48.6 Å². The summed E-state index contributed by atoms with van der Waals surface area (Å²) in [6.45, 7) is 3.91. The van der Waals surface area contributed by atoms with Gasteiger partial charge in [-0.15, -0.1) is 0 Å². The maximum Gasteiger partial charge on any atom is 0.162 e. The van der Waals surface area contributed by atoms with Gasteiger partial charge in [-0.1, -0.05) is 0 Å². The number of aromatic nitrogens is 1. The first kappa shape index (κ1) is 13.9. The second-order valence-electron chi connectivity index (χ2n) is 4.95. The van der Waals surface area contributed by atoms with Crippen molar-refractivity contribution in [3.8, 4) is 11.5 Å². The van der Waals surface area contributed by atoms with Crippen LogP contribution in [0.5, 0.6) is 11.5 Å². The normalized spacial score (nSPS) is 15.9. The smallest absolute Gasteiger partial charge is 0.162 e. The predicted molar refractivity (Wildman–Crippen MR) is 82.9 cm³/mol. The van der Waals surface area contributed by atoms with Gasteiger partial charge in [-0.2, -0.15) is 0 Å². The molecule has 0 bridgehead atoms. The van der Waals surface area contributed by atoms with Gasteiger partial charge in [0.15, 0.2) is 11.5 Å². The molecule has 6 heteroatoms. The van der Waals surface area contributed by atoms with Crippen LogP contribution in [0, 0.1) is 0 Å². The van der Waals surface area contributed by atoms with E-state index in [0.29, 0.717) is 5.75 Å². The molecule has 2 aromatic rings. The van der Waals surface area contributed by atoms with Crippen LogP contribution in [0.3, 0.4) is 0 Å². The molecule has 2 N–H and O–H groups in total. The minimum absolute atomic E-state index is 0.692. The summed E-state index contributed by atoms with van der Waals surface area (Å²) < 4.78 is 10.6. The molecule has 112 valence electrons. The lowest BCUT2D eigenvalue weighted by Crippen LogP contribution is -2.46. The fourth-order valence-corrected chi connectivity index (χ4v) is 2.45. The van der Waals surface area contributed by atoms with E-state index in [9.17, 15) is 0 Å². The lowest BCUT2D eigenvalue weighted by Gasteiger charge is -2.28. The van der Waals surface area contributed by atoms with Crippen LogP contribution >= 0.6 is 0 Å². The van der Waals surface area contributed by atoms with Crippen molar-refractivity contribution in [3.63, 3.8) is 0 Å². The Morgan fingerprint density at radius 1 is 1.10 bits per heavy atom. The lowest BCUT2D eigenvalue weighted by atomic mass is 10.2. The molecule has 0 radical (unpaired) electrons. The molecule has 1 saturated heterocycles. The number of piperazine rings is 1. The number of hydrazine groups is 1. The van der Waals surface area contributed by atoms with Crippen molar-refractivity contribution < 1.29 is 9.47 Å². The highest BCUT2D eigenvalue weighted by atomic mass is 16.5. The molecule has 3 rings (SSSR count). The zero-order valence-electron chi connectivity index (χ0n) is 12.3. The van der Waals surface area contributed by atoms with Gasteiger partial charge in [0.1, 0.15) is 5.82 Å². The molecule has 21 heavy (non-hydrogen) atoms. The van der Waals surface area contributed by atoms with Gasteiger partial charge in [-0.05, 0) is 18.2 Å². The first-order valence-corrected chi connectivity index (χ1v) is 7.05. The van der Waals surface area contributed by atoms with Gasteiger partial charge in [-0.3, -0.25) is 0 Å². The quantitative estimate of drug-likeness (QED) is 0.889. The number of nitrogens with one attached hydrogen (secondary N) is 2. The van der Waals surface area contributed by atoms with E-state index >= 15 is 0 Å². The Bertz CT molecular complexity index is 626. The van der Waals surface area contributed by atoms with Crippen molar-refractivity contribution in [3.05, 3.63) is 24.3 Å². The van der Waals surface area contributed by atoms with Gasteiger partial charge in [0.05, 0.1) is 19.7 Å².